The van der Waals surface area contributed by atoms with Crippen molar-refractivity contribution in [2.24, 2.45) is 0 Å². The Morgan fingerprint density at radius 1 is 1.16 bits per heavy atom. The molecule has 2 rings (SSSR count). The van der Waals surface area contributed by atoms with Gasteiger partial charge in [0.2, 0.25) is 0 Å². The van der Waals surface area contributed by atoms with Gasteiger partial charge in [-0.05, 0) is 48.7 Å². The van der Waals surface area contributed by atoms with Gasteiger partial charge in [0.15, 0.2) is 11.6 Å². The zero-order valence-corrected chi connectivity index (χ0v) is 10.9. The van der Waals surface area contributed by atoms with Gasteiger partial charge in [-0.1, -0.05) is 18.2 Å². The summed E-state index contributed by atoms with van der Waals surface area (Å²) in [6, 6.07) is 12.1. The van der Waals surface area contributed by atoms with E-state index in [9.17, 15) is 4.39 Å². The lowest BCUT2D eigenvalue weighted by atomic mass is 10.0. The van der Waals surface area contributed by atoms with Gasteiger partial charge in [0, 0.05) is 0 Å². The number of aryl methyl sites for hydroxylation is 2. The number of ether oxygens (including phenoxy) is 1. The van der Waals surface area contributed by atoms with Crippen molar-refractivity contribution in [2.75, 3.05) is 0 Å². The van der Waals surface area contributed by atoms with Gasteiger partial charge in [-0.25, -0.2) is 4.39 Å². The van der Waals surface area contributed by atoms with Gasteiger partial charge < -0.3 is 4.74 Å². The first-order valence-corrected chi connectivity index (χ1v) is 5.99. The summed E-state index contributed by atoms with van der Waals surface area (Å²) in [6.07, 6.45) is 0. The lowest BCUT2D eigenvalue weighted by molar-refractivity contribution is 0.289. The number of hydrogen-bond acceptors (Lipinski definition) is 2. The highest BCUT2D eigenvalue weighted by molar-refractivity contribution is 5.37. The fourth-order valence-corrected chi connectivity index (χ4v) is 1.91. The van der Waals surface area contributed by atoms with Crippen LogP contribution in [-0.2, 0) is 6.61 Å². The molecule has 0 saturated carbocycles. The third-order valence-electron chi connectivity index (χ3n) is 3.08. The summed E-state index contributed by atoms with van der Waals surface area (Å²) in [5.74, 6) is -0.341. The molecule has 0 aliphatic rings. The monoisotopic (exact) mass is 255 g/mol. The van der Waals surface area contributed by atoms with E-state index in [4.69, 9.17) is 10.00 Å². The zero-order valence-electron chi connectivity index (χ0n) is 10.9. The summed E-state index contributed by atoms with van der Waals surface area (Å²) in [6.45, 7) is 4.32. The van der Waals surface area contributed by atoms with Crippen molar-refractivity contribution in [3.8, 4) is 11.8 Å². The third kappa shape index (κ3) is 2.92. The Kier molecular flexibility index (Phi) is 3.82. The normalized spacial score (nSPS) is 10.0. The second kappa shape index (κ2) is 5.53. The molecule has 2 aromatic carbocycles. The first kappa shape index (κ1) is 13.1. The van der Waals surface area contributed by atoms with Crippen LogP contribution in [0, 0.1) is 31.0 Å². The largest absolute Gasteiger partial charge is 0.486 e. The van der Waals surface area contributed by atoms with Crippen LogP contribution in [0.15, 0.2) is 36.4 Å². The second-order valence-electron chi connectivity index (χ2n) is 4.42. The van der Waals surface area contributed by atoms with Crippen LogP contribution in [0.4, 0.5) is 4.39 Å². The molecule has 0 heterocycles. The predicted molar refractivity (Wildman–Crippen MR) is 71.4 cm³/mol. The van der Waals surface area contributed by atoms with E-state index in [0.717, 1.165) is 16.7 Å². The average molecular weight is 255 g/mol. The molecular weight excluding hydrogens is 241 g/mol. The summed E-state index contributed by atoms with van der Waals surface area (Å²) >= 11 is 0. The molecule has 0 amide bonds. The number of benzene rings is 2. The molecule has 0 fully saturated rings. The molecular formula is C16H14FNO. The highest BCUT2D eigenvalue weighted by atomic mass is 19.1. The van der Waals surface area contributed by atoms with E-state index >= 15 is 0 Å². The molecule has 3 heteroatoms. The van der Waals surface area contributed by atoms with Gasteiger partial charge in [-0.15, -0.1) is 0 Å². The summed E-state index contributed by atoms with van der Waals surface area (Å²) in [4.78, 5) is 0. The molecule has 19 heavy (non-hydrogen) atoms. The summed E-state index contributed by atoms with van der Waals surface area (Å²) < 4.78 is 19.2. The molecule has 2 aromatic rings. The van der Waals surface area contributed by atoms with E-state index in [2.05, 4.69) is 0 Å². The van der Waals surface area contributed by atoms with Crippen molar-refractivity contribution < 1.29 is 9.13 Å². The maximum atomic E-state index is 13.7. The Bertz CT molecular complexity index is 623. The first-order valence-electron chi connectivity index (χ1n) is 5.99. The summed E-state index contributed by atoms with van der Waals surface area (Å²) in [5, 5.41) is 8.68. The zero-order chi connectivity index (χ0) is 13.8. The molecule has 96 valence electrons. The van der Waals surface area contributed by atoms with Crippen LogP contribution in [-0.4, -0.2) is 0 Å². The van der Waals surface area contributed by atoms with Crippen LogP contribution in [0.1, 0.15) is 22.3 Å². The van der Waals surface area contributed by atoms with Crippen LogP contribution in [0.2, 0.25) is 0 Å². The van der Waals surface area contributed by atoms with E-state index in [-0.39, 0.29) is 11.3 Å². The van der Waals surface area contributed by atoms with Crippen LogP contribution < -0.4 is 4.74 Å². The van der Waals surface area contributed by atoms with Gasteiger partial charge in [-0.3, -0.25) is 0 Å². The highest BCUT2D eigenvalue weighted by Gasteiger charge is 2.07. The van der Waals surface area contributed by atoms with Gasteiger partial charge >= 0.3 is 0 Å². The molecule has 0 saturated heterocycles. The Morgan fingerprint density at radius 2 is 1.84 bits per heavy atom. The van der Waals surface area contributed by atoms with Gasteiger partial charge in [0.1, 0.15) is 6.61 Å². The molecule has 0 bridgehead atoms. The van der Waals surface area contributed by atoms with Crippen molar-refractivity contribution in [3.63, 3.8) is 0 Å². The predicted octanol–water partition coefficient (Wildman–Crippen LogP) is 3.89. The van der Waals surface area contributed by atoms with Gasteiger partial charge in [0.25, 0.3) is 0 Å². The Hall–Kier alpha value is -2.34. The number of nitrogens with zero attached hydrogens (tertiary/aromatic N) is 1. The Labute approximate surface area is 112 Å². The molecule has 2 nitrogen and oxygen atoms in total. The van der Waals surface area contributed by atoms with E-state index in [0.29, 0.717) is 6.61 Å². The van der Waals surface area contributed by atoms with E-state index in [1.165, 1.54) is 12.1 Å². The van der Waals surface area contributed by atoms with Crippen molar-refractivity contribution in [3.05, 3.63) is 64.5 Å². The molecule has 0 radical (unpaired) electrons. The lowest BCUT2D eigenvalue weighted by Crippen LogP contribution is -2.01. The van der Waals surface area contributed by atoms with Crippen molar-refractivity contribution in [1.82, 2.24) is 0 Å². The third-order valence-corrected chi connectivity index (χ3v) is 3.08. The Morgan fingerprint density at radius 3 is 2.42 bits per heavy atom. The quantitative estimate of drug-likeness (QED) is 0.833. The van der Waals surface area contributed by atoms with E-state index in [1.54, 1.807) is 6.07 Å². The van der Waals surface area contributed by atoms with Crippen molar-refractivity contribution >= 4 is 0 Å². The fourth-order valence-electron chi connectivity index (χ4n) is 1.91. The fraction of sp³-hybridized carbons (Fsp3) is 0.188. The minimum Gasteiger partial charge on any atom is -0.486 e. The van der Waals surface area contributed by atoms with Crippen LogP contribution in [0.3, 0.4) is 0 Å². The van der Waals surface area contributed by atoms with Crippen molar-refractivity contribution in [2.45, 2.75) is 20.5 Å². The summed E-state index contributed by atoms with van der Waals surface area (Å²) in [5.41, 5.74) is 3.59. The maximum absolute atomic E-state index is 13.7. The molecule has 0 atom stereocenters. The molecule has 0 aliphatic heterocycles. The molecule has 0 spiro atoms. The lowest BCUT2D eigenvalue weighted by Gasteiger charge is -2.12. The van der Waals surface area contributed by atoms with Crippen LogP contribution >= 0.6 is 0 Å². The molecule has 0 unspecified atom stereocenters. The van der Waals surface area contributed by atoms with Crippen LogP contribution in [0.25, 0.3) is 0 Å². The molecule has 0 aromatic heterocycles. The van der Waals surface area contributed by atoms with E-state index < -0.39 is 5.82 Å². The standard InChI is InChI=1S/C16H14FNO/c1-11-4-3-5-12(2)14(11)10-19-16-7-6-13(9-18)8-15(16)17/h3-8H,10H2,1-2H3. The smallest absolute Gasteiger partial charge is 0.166 e. The minimum absolute atomic E-state index is 0.168. The van der Waals surface area contributed by atoms with Crippen molar-refractivity contribution in [1.29, 1.82) is 5.26 Å². The molecule has 0 N–H and O–H groups in total. The minimum atomic E-state index is -0.509. The SMILES string of the molecule is Cc1cccc(C)c1COc1ccc(C#N)cc1F. The number of hydrogen-bond donors (Lipinski definition) is 0. The number of halogens is 1. The van der Waals surface area contributed by atoms with E-state index in [1.807, 2.05) is 38.1 Å². The second-order valence-corrected chi connectivity index (χ2v) is 4.42. The Balaban J connectivity index is 2.17. The number of nitriles is 1. The highest BCUT2D eigenvalue weighted by Crippen LogP contribution is 2.21. The first-order chi connectivity index (χ1) is 9.11. The van der Waals surface area contributed by atoms with Crippen LogP contribution in [0.5, 0.6) is 5.75 Å². The van der Waals surface area contributed by atoms with Gasteiger partial charge in [0.05, 0.1) is 11.6 Å². The van der Waals surface area contributed by atoms with Gasteiger partial charge in [-0.2, -0.15) is 5.26 Å². The summed E-state index contributed by atoms with van der Waals surface area (Å²) in [7, 11) is 0. The molecule has 0 aliphatic carbocycles. The average Bonchev–Trinajstić information content (AvgIpc) is 2.39. The number of rotatable bonds is 3. The topological polar surface area (TPSA) is 33.0 Å². The maximum Gasteiger partial charge on any atom is 0.166 e.